The van der Waals surface area contributed by atoms with Crippen molar-refractivity contribution >= 4 is 5.65 Å². The lowest BCUT2D eigenvalue weighted by Crippen LogP contribution is -2.01. The van der Waals surface area contributed by atoms with E-state index < -0.39 is 0 Å². The van der Waals surface area contributed by atoms with Crippen molar-refractivity contribution in [2.45, 2.75) is 34.1 Å². The van der Waals surface area contributed by atoms with Gasteiger partial charge in [0.15, 0.2) is 5.65 Å². The molecule has 0 unspecified atom stereocenters. The first-order valence-corrected chi connectivity index (χ1v) is 7.67. The fourth-order valence-corrected chi connectivity index (χ4v) is 2.46. The molecular formula is C18H21N3O. The Morgan fingerprint density at radius 3 is 2.50 bits per heavy atom. The van der Waals surface area contributed by atoms with Crippen molar-refractivity contribution in [3.63, 3.8) is 0 Å². The molecule has 0 N–H and O–H groups in total. The number of aryl methyl sites for hydroxylation is 2. The molecule has 114 valence electrons. The Morgan fingerprint density at radius 2 is 1.82 bits per heavy atom. The molecule has 0 bridgehead atoms. The summed E-state index contributed by atoms with van der Waals surface area (Å²) in [6, 6.07) is 10.1. The summed E-state index contributed by atoms with van der Waals surface area (Å²) < 4.78 is 7.53. The molecule has 0 saturated heterocycles. The van der Waals surface area contributed by atoms with Crippen LogP contribution in [0.2, 0.25) is 0 Å². The van der Waals surface area contributed by atoms with E-state index in [0.717, 1.165) is 47.1 Å². The molecule has 0 saturated carbocycles. The zero-order valence-corrected chi connectivity index (χ0v) is 13.6. The van der Waals surface area contributed by atoms with Crippen LogP contribution in [-0.4, -0.2) is 21.2 Å². The molecule has 4 heteroatoms. The molecule has 0 atom stereocenters. The average molecular weight is 295 g/mol. The van der Waals surface area contributed by atoms with Gasteiger partial charge in [0.05, 0.1) is 12.3 Å². The molecule has 0 aliphatic rings. The van der Waals surface area contributed by atoms with E-state index in [2.05, 4.69) is 30.9 Å². The van der Waals surface area contributed by atoms with E-state index in [9.17, 15) is 0 Å². The second-order valence-corrected chi connectivity index (χ2v) is 5.58. The van der Waals surface area contributed by atoms with Crippen LogP contribution >= 0.6 is 0 Å². The zero-order chi connectivity index (χ0) is 15.7. The summed E-state index contributed by atoms with van der Waals surface area (Å²) in [4.78, 5) is 4.62. The first-order valence-electron chi connectivity index (χ1n) is 7.67. The molecule has 22 heavy (non-hydrogen) atoms. The Kier molecular flexibility index (Phi) is 3.84. The van der Waals surface area contributed by atoms with Gasteiger partial charge in [-0.1, -0.05) is 6.92 Å². The van der Waals surface area contributed by atoms with Crippen LogP contribution in [0.1, 0.15) is 30.3 Å². The Balaban J connectivity index is 1.98. The number of nitrogens with zero attached hydrogens (tertiary/aromatic N) is 3. The van der Waals surface area contributed by atoms with E-state index in [-0.39, 0.29) is 0 Å². The molecule has 0 amide bonds. The summed E-state index contributed by atoms with van der Waals surface area (Å²) >= 11 is 0. The van der Waals surface area contributed by atoms with Gasteiger partial charge < -0.3 is 4.74 Å². The third-order valence-electron chi connectivity index (χ3n) is 4.00. The first-order chi connectivity index (χ1) is 10.6. The lowest BCUT2D eigenvalue weighted by molar-refractivity contribution is 0.317. The highest BCUT2D eigenvalue weighted by atomic mass is 16.5. The van der Waals surface area contributed by atoms with E-state index in [0.29, 0.717) is 0 Å². The highest BCUT2D eigenvalue weighted by Gasteiger charge is 2.10. The first kappa shape index (κ1) is 14.6. The van der Waals surface area contributed by atoms with Gasteiger partial charge in [-0.05, 0) is 57.0 Å². The van der Waals surface area contributed by atoms with Gasteiger partial charge in [0.1, 0.15) is 5.75 Å². The van der Waals surface area contributed by atoms with Crippen LogP contribution in [0.15, 0.2) is 30.3 Å². The minimum Gasteiger partial charge on any atom is -0.494 e. The van der Waals surface area contributed by atoms with Crippen LogP contribution in [-0.2, 0) is 0 Å². The van der Waals surface area contributed by atoms with Gasteiger partial charge in [0.2, 0.25) is 0 Å². The predicted molar refractivity (Wildman–Crippen MR) is 88.4 cm³/mol. The number of benzene rings is 1. The Labute approximate surface area is 130 Å². The van der Waals surface area contributed by atoms with Gasteiger partial charge in [-0.15, -0.1) is 0 Å². The summed E-state index contributed by atoms with van der Waals surface area (Å²) in [6.07, 6.45) is 1.01. The molecule has 2 aromatic heterocycles. The number of rotatable bonds is 4. The molecular weight excluding hydrogens is 274 g/mol. The summed E-state index contributed by atoms with van der Waals surface area (Å²) in [5, 5.41) is 4.69. The van der Waals surface area contributed by atoms with E-state index in [4.69, 9.17) is 4.74 Å². The van der Waals surface area contributed by atoms with E-state index in [1.54, 1.807) is 0 Å². The molecule has 3 aromatic rings. The SMILES string of the molecule is CCCOc1ccc(-c2cc3nc(C)c(C)c(C)n3n2)cc1. The number of hydrogen-bond donors (Lipinski definition) is 0. The second kappa shape index (κ2) is 5.79. The van der Waals surface area contributed by atoms with Crippen LogP contribution in [0.25, 0.3) is 16.9 Å². The number of aromatic nitrogens is 3. The van der Waals surface area contributed by atoms with Gasteiger partial charge in [0, 0.05) is 23.0 Å². The van der Waals surface area contributed by atoms with Crippen molar-refractivity contribution in [3.05, 3.63) is 47.3 Å². The maximum Gasteiger partial charge on any atom is 0.156 e. The quantitative estimate of drug-likeness (QED) is 0.727. The van der Waals surface area contributed by atoms with E-state index in [1.165, 1.54) is 5.56 Å². The summed E-state index contributed by atoms with van der Waals surface area (Å²) in [7, 11) is 0. The maximum absolute atomic E-state index is 5.62. The van der Waals surface area contributed by atoms with Crippen molar-refractivity contribution < 1.29 is 4.74 Å². The zero-order valence-electron chi connectivity index (χ0n) is 13.6. The van der Waals surface area contributed by atoms with E-state index >= 15 is 0 Å². The summed E-state index contributed by atoms with van der Waals surface area (Å²) in [5.41, 5.74) is 6.27. The second-order valence-electron chi connectivity index (χ2n) is 5.58. The third kappa shape index (κ3) is 2.56. The molecule has 0 aliphatic carbocycles. The molecule has 1 aromatic carbocycles. The van der Waals surface area contributed by atoms with Crippen LogP contribution in [0, 0.1) is 20.8 Å². The Morgan fingerprint density at radius 1 is 1.09 bits per heavy atom. The molecule has 2 heterocycles. The fraction of sp³-hybridized carbons (Fsp3) is 0.333. The largest absolute Gasteiger partial charge is 0.494 e. The molecule has 0 radical (unpaired) electrons. The summed E-state index contributed by atoms with van der Waals surface area (Å²) in [5.74, 6) is 0.898. The highest BCUT2D eigenvalue weighted by Crippen LogP contribution is 2.24. The van der Waals surface area contributed by atoms with Gasteiger partial charge in [-0.3, -0.25) is 0 Å². The lowest BCUT2D eigenvalue weighted by Gasteiger charge is -2.05. The Bertz CT molecular complexity index is 803. The molecule has 3 rings (SSSR count). The van der Waals surface area contributed by atoms with Gasteiger partial charge in [-0.2, -0.15) is 5.10 Å². The predicted octanol–water partition coefficient (Wildman–Crippen LogP) is 4.11. The number of fused-ring (bicyclic) bond motifs is 1. The van der Waals surface area contributed by atoms with Crippen molar-refractivity contribution in [2.75, 3.05) is 6.61 Å². The van der Waals surface area contributed by atoms with Crippen LogP contribution < -0.4 is 4.74 Å². The normalized spacial score (nSPS) is 11.1. The van der Waals surface area contributed by atoms with Crippen molar-refractivity contribution in [1.29, 1.82) is 0 Å². The third-order valence-corrected chi connectivity index (χ3v) is 4.00. The molecule has 0 spiro atoms. The number of hydrogen-bond acceptors (Lipinski definition) is 3. The Hall–Kier alpha value is -2.36. The fourth-order valence-electron chi connectivity index (χ4n) is 2.46. The topological polar surface area (TPSA) is 39.4 Å². The van der Waals surface area contributed by atoms with Gasteiger partial charge >= 0.3 is 0 Å². The van der Waals surface area contributed by atoms with Crippen molar-refractivity contribution in [1.82, 2.24) is 14.6 Å². The minimum atomic E-state index is 0.745. The molecule has 4 nitrogen and oxygen atoms in total. The summed E-state index contributed by atoms with van der Waals surface area (Å²) in [6.45, 7) is 9.04. The molecule has 0 fully saturated rings. The number of ether oxygens (including phenoxy) is 1. The lowest BCUT2D eigenvalue weighted by atomic mass is 10.1. The van der Waals surface area contributed by atoms with Crippen LogP contribution in [0.4, 0.5) is 0 Å². The minimum absolute atomic E-state index is 0.745. The average Bonchev–Trinajstić information content (AvgIpc) is 2.95. The van der Waals surface area contributed by atoms with Crippen molar-refractivity contribution in [3.8, 4) is 17.0 Å². The standard InChI is InChI=1S/C18H21N3O/c1-5-10-22-16-8-6-15(7-9-16)17-11-18-19-13(3)12(2)14(4)21(18)20-17/h6-9,11H,5,10H2,1-4H3. The smallest absolute Gasteiger partial charge is 0.156 e. The van der Waals surface area contributed by atoms with Crippen LogP contribution in [0.3, 0.4) is 0 Å². The van der Waals surface area contributed by atoms with Gasteiger partial charge in [-0.25, -0.2) is 9.50 Å². The maximum atomic E-state index is 5.62. The van der Waals surface area contributed by atoms with Crippen molar-refractivity contribution in [2.24, 2.45) is 0 Å². The highest BCUT2D eigenvalue weighted by molar-refractivity contribution is 5.65. The monoisotopic (exact) mass is 295 g/mol. The molecule has 0 aliphatic heterocycles. The van der Waals surface area contributed by atoms with E-state index in [1.807, 2.05) is 41.8 Å². The van der Waals surface area contributed by atoms with Crippen LogP contribution in [0.5, 0.6) is 5.75 Å². The van der Waals surface area contributed by atoms with Gasteiger partial charge in [0.25, 0.3) is 0 Å².